The summed E-state index contributed by atoms with van der Waals surface area (Å²) < 4.78 is 71.7. The lowest BCUT2D eigenvalue weighted by molar-refractivity contribution is -0.137. The fraction of sp³-hybridized carbons (Fsp3) is 0.350. The fourth-order valence-electron chi connectivity index (χ4n) is 3.18. The molecule has 0 radical (unpaired) electrons. The standard InChI is InChI=1S/C20H20F3N3O3S/c21-20(22,23)16-3-5-17(6-4-16)29-19(15-9-10-25-12-15)13-26-30(27,28)18-7-1-14(11-24)2-8-18/h1-8,15,19,25-26H,9-10,12-13H2/t15-,19+/m0/s1. The van der Waals surface area contributed by atoms with Crippen LogP contribution in [0.2, 0.25) is 0 Å². The van der Waals surface area contributed by atoms with Crippen LogP contribution in [0.15, 0.2) is 53.4 Å². The van der Waals surface area contributed by atoms with Crippen molar-refractivity contribution >= 4 is 10.0 Å². The Bertz CT molecular complexity index is 995. The molecule has 160 valence electrons. The number of halogens is 3. The van der Waals surface area contributed by atoms with Gasteiger partial charge in [-0.1, -0.05) is 0 Å². The molecule has 2 aromatic rings. The molecule has 2 atom stereocenters. The van der Waals surface area contributed by atoms with Crippen molar-refractivity contribution in [2.45, 2.75) is 23.6 Å². The van der Waals surface area contributed by atoms with Crippen molar-refractivity contribution in [1.29, 1.82) is 5.26 Å². The van der Waals surface area contributed by atoms with Gasteiger partial charge >= 0.3 is 6.18 Å². The molecule has 0 aliphatic carbocycles. The van der Waals surface area contributed by atoms with E-state index >= 15 is 0 Å². The van der Waals surface area contributed by atoms with Crippen molar-refractivity contribution in [2.75, 3.05) is 19.6 Å². The van der Waals surface area contributed by atoms with E-state index in [4.69, 9.17) is 10.00 Å². The second kappa shape index (κ2) is 9.04. The molecule has 0 aromatic heterocycles. The Kier molecular flexibility index (Phi) is 6.65. The fourth-order valence-corrected chi connectivity index (χ4v) is 4.22. The van der Waals surface area contributed by atoms with Gasteiger partial charge in [-0.15, -0.1) is 0 Å². The van der Waals surface area contributed by atoms with Crippen LogP contribution >= 0.6 is 0 Å². The predicted octanol–water partition coefficient (Wildman–Crippen LogP) is 2.91. The first-order valence-corrected chi connectivity index (χ1v) is 10.7. The summed E-state index contributed by atoms with van der Waals surface area (Å²) in [6.45, 7) is 1.32. The number of alkyl halides is 3. The number of hydrogen-bond acceptors (Lipinski definition) is 5. The molecule has 0 saturated carbocycles. The highest BCUT2D eigenvalue weighted by atomic mass is 32.2. The van der Waals surface area contributed by atoms with Crippen molar-refractivity contribution < 1.29 is 26.3 Å². The van der Waals surface area contributed by atoms with Gasteiger partial charge in [-0.2, -0.15) is 18.4 Å². The number of rotatable bonds is 7. The van der Waals surface area contributed by atoms with Crippen molar-refractivity contribution in [3.05, 3.63) is 59.7 Å². The molecule has 30 heavy (non-hydrogen) atoms. The molecule has 2 N–H and O–H groups in total. The molecule has 0 unspecified atom stereocenters. The smallest absolute Gasteiger partial charge is 0.416 e. The summed E-state index contributed by atoms with van der Waals surface area (Å²) in [6.07, 6.45) is -4.25. The largest absolute Gasteiger partial charge is 0.489 e. The summed E-state index contributed by atoms with van der Waals surface area (Å²) >= 11 is 0. The average molecular weight is 439 g/mol. The van der Waals surface area contributed by atoms with Crippen LogP contribution in [0.5, 0.6) is 5.75 Å². The summed E-state index contributed by atoms with van der Waals surface area (Å²) in [4.78, 5) is 0.0133. The van der Waals surface area contributed by atoms with E-state index in [-0.39, 0.29) is 23.1 Å². The van der Waals surface area contributed by atoms with Crippen LogP contribution in [-0.2, 0) is 16.2 Å². The van der Waals surface area contributed by atoms with E-state index in [1.54, 1.807) is 0 Å². The molecular weight excluding hydrogens is 419 g/mol. The molecule has 1 heterocycles. The lowest BCUT2D eigenvalue weighted by Gasteiger charge is -2.25. The Morgan fingerprint density at radius 3 is 2.37 bits per heavy atom. The van der Waals surface area contributed by atoms with E-state index in [9.17, 15) is 21.6 Å². The number of nitriles is 1. The minimum absolute atomic E-state index is 0.00374. The summed E-state index contributed by atoms with van der Waals surface area (Å²) in [6, 6.07) is 11.7. The van der Waals surface area contributed by atoms with Crippen LogP contribution < -0.4 is 14.8 Å². The van der Waals surface area contributed by atoms with Crippen LogP contribution in [0.25, 0.3) is 0 Å². The van der Waals surface area contributed by atoms with Crippen molar-refractivity contribution in [2.24, 2.45) is 5.92 Å². The zero-order chi connectivity index (χ0) is 21.8. The molecule has 10 heteroatoms. The third-order valence-corrected chi connectivity index (χ3v) is 6.30. The lowest BCUT2D eigenvalue weighted by Crippen LogP contribution is -2.40. The van der Waals surface area contributed by atoms with Gasteiger partial charge in [0.1, 0.15) is 11.9 Å². The van der Waals surface area contributed by atoms with Crippen LogP contribution in [-0.4, -0.2) is 34.2 Å². The second-order valence-corrected chi connectivity index (χ2v) is 8.69. The number of nitrogens with one attached hydrogen (secondary N) is 2. The first-order valence-electron chi connectivity index (χ1n) is 9.23. The molecule has 1 aliphatic heterocycles. The number of hydrogen-bond donors (Lipinski definition) is 2. The van der Waals surface area contributed by atoms with E-state index < -0.39 is 27.9 Å². The van der Waals surface area contributed by atoms with E-state index in [0.29, 0.717) is 12.1 Å². The first-order chi connectivity index (χ1) is 14.2. The van der Waals surface area contributed by atoms with Gasteiger partial charge in [-0.3, -0.25) is 0 Å². The number of benzene rings is 2. The molecule has 0 spiro atoms. The van der Waals surface area contributed by atoms with Crippen molar-refractivity contribution in [1.82, 2.24) is 10.0 Å². The number of nitrogens with zero attached hydrogens (tertiary/aromatic N) is 1. The van der Waals surface area contributed by atoms with E-state index in [1.807, 2.05) is 6.07 Å². The molecule has 1 saturated heterocycles. The van der Waals surface area contributed by atoms with Gasteiger partial charge in [0.05, 0.1) is 22.1 Å². The van der Waals surface area contributed by atoms with Gasteiger partial charge in [0.25, 0.3) is 0 Å². The summed E-state index contributed by atoms with van der Waals surface area (Å²) in [5.41, 5.74) is -0.440. The van der Waals surface area contributed by atoms with Crippen molar-refractivity contribution in [3.63, 3.8) is 0 Å². The highest BCUT2D eigenvalue weighted by Crippen LogP contribution is 2.31. The molecule has 2 aromatic carbocycles. The maximum absolute atomic E-state index is 12.7. The van der Waals surface area contributed by atoms with E-state index in [0.717, 1.165) is 25.1 Å². The molecule has 1 fully saturated rings. The third-order valence-electron chi connectivity index (χ3n) is 4.86. The summed E-state index contributed by atoms with van der Waals surface area (Å²) in [7, 11) is -3.84. The van der Waals surface area contributed by atoms with Crippen LogP contribution in [0.1, 0.15) is 17.5 Å². The third kappa shape index (κ3) is 5.50. The highest BCUT2D eigenvalue weighted by Gasteiger charge is 2.31. The zero-order valence-corrected chi connectivity index (χ0v) is 16.6. The monoisotopic (exact) mass is 439 g/mol. The minimum atomic E-state index is -4.44. The SMILES string of the molecule is N#Cc1ccc(S(=O)(=O)NC[C@@H](Oc2ccc(C(F)(F)F)cc2)[C@H]2CCNC2)cc1. The molecule has 0 bridgehead atoms. The zero-order valence-electron chi connectivity index (χ0n) is 15.8. The summed E-state index contributed by atoms with van der Waals surface area (Å²) in [5, 5.41) is 12.0. The Morgan fingerprint density at radius 1 is 1.17 bits per heavy atom. The van der Waals surface area contributed by atoms with Gasteiger partial charge < -0.3 is 10.1 Å². The molecule has 0 amide bonds. The number of ether oxygens (including phenoxy) is 1. The maximum Gasteiger partial charge on any atom is 0.416 e. The van der Waals surface area contributed by atoms with Gasteiger partial charge in [-0.05, 0) is 61.5 Å². The summed E-state index contributed by atoms with van der Waals surface area (Å²) in [5.74, 6) is 0.230. The molecular formula is C20H20F3N3O3S. The molecule has 1 aliphatic rings. The second-order valence-electron chi connectivity index (χ2n) is 6.92. The minimum Gasteiger partial charge on any atom is -0.489 e. The number of sulfonamides is 1. The van der Waals surface area contributed by atoms with Gasteiger partial charge in [-0.25, -0.2) is 13.1 Å². The Labute approximate surface area is 172 Å². The molecule has 6 nitrogen and oxygen atoms in total. The first kappa shape index (κ1) is 22.1. The predicted molar refractivity (Wildman–Crippen MR) is 103 cm³/mol. The molecule has 3 rings (SSSR count). The van der Waals surface area contributed by atoms with Crippen LogP contribution in [0.3, 0.4) is 0 Å². The van der Waals surface area contributed by atoms with Crippen LogP contribution in [0.4, 0.5) is 13.2 Å². The van der Waals surface area contributed by atoms with E-state index in [1.165, 1.54) is 36.4 Å². The highest BCUT2D eigenvalue weighted by molar-refractivity contribution is 7.89. The van der Waals surface area contributed by atoms with E-state index in [2.05, 4.69) is 10.0 Å². The average Bonchev–Trinajstić information content (AvgIpc) is 3.25. The van der Waals surface area contributed by atoms with Crippen LogP contribution in [0, 0.1) is 17.2 Å². The van der Waals surface area contributed by atoms with Gasteiger partial charge in [0.2, 0.25) is 10.0 Å². The Balaban J connectivity index is 1.71. The normalized spacial score (nSPS) is 18.0. The Hall–Kier alpha value is -2.61. The maximum atomic E-state index is 12.7. The lowest BCUT2D eigenvalue weighted by atomic mass is 10.0. The topological polar surface area (TPSA) is 91.2 Å². The quantitative estimate of drug-likeness (QED) is 0.692. The van der Waals surface area contributed by atoms with Gasteiger partial charge in [0.15, 0.2) is 0 Å². The Morgan fingerprint density at radius 2 is 1.83 bits per heavy atom. The van der Waals surface area contributed by atoms with Gasteiger partial charge in [0, 0.05) is 19.0 Å². The van der Waals surface area contributed by atoms with Crippen molar-refractivity contribution in [3.8, 4) is 11.8 Å².